The van der Waals surface area contributed by atoms with Gasteiger partial charge in [-0.1, -0.05) is 11.6 Å². The summed E-state index contributed by atoms with van der Waals surface area (Å²) in [6, 6.07) is 2.50. The van der Waals surface area contributed by atoms with Crippen molar-refractivity contribution in [2.24, 2.45) is 0 Å². The fourth-order valence-electron chi connectivity index (χ4n) is 2.31. The number of fused-ring (bicyclic) bond motifs is 1. The van der Waals surface area contributed by atoms with Crippen molar-refractivity contribution in [3.05, 3.63) is 49.3 Å². The van der Waals surface area contributed by atoms with Crippen LogP contribution in [0.25, 0.3) is 10.9 Å². The topological polar surface area (TPSA) is 102 Å². The van der Waals surface area contributed by atoms with Crippen LogP contribution in [0.15, 0.2) is 23.1 Å². The van der Waals surface area contributed by atoms with Crippen LogP contribution in [-0.4, -0.2) is 20.6 Å². The first-order chi connectivity index (χ1) is 9.90. The van der Waals surface area contributed by atoms with Crippen molar-refractivity contribution in [1.29, 1.82) is 0 Å². The second-order valence-corrected chi connectivity index (χ2v) is 5.30. The van der Waals surface area contributed by atoms with E-state index in [1.54, 1.807) is 4.57 Å². The van der Waals surface area contributed by atoms with Gasteiger partial charge in [0, 0.05) is 18.3 Å². The summed E-state index contributed by atoms with van der Waals surface area (Å²) in [6.45, 7) is 0. The normalized spacial score (nSPS) is 14.3. The van der Waals surface area contributed by atoms with E-state index in [2.05, 4.69) is 0 Å². The number of benzene rings is 1. The molecule has 1 aromatic carbocycles. The number of rotatable bonds is 3. The molecule has 21 heavy (non-hydrogen) atoms. The molecule has 0 bridgehead atoms. The Labute approximate surface area is 122 Å². The number of nitro benzene ring substituents is 1. The van der Waals surface area contributed by atoms with E-state index >= 15 is 0 Å². The number of hydrogen-bond acceptors (Lipinski definition) is 4. The maximum atomic E-state index is 12.2. The molecule has 0 aliphatic heterocycles. The van der Waals surface area contributed by atoms with Gasteiger partial charge in [-0.2, -0.15) is 0 Å². The van der Waals surface area contributed by atoms with E-state index in [1.807, 2.05) is 0 Å². The Kier molecular flexibility index (Phi) is 2.94. The number of aromatic carboxylic acids is 1. The molecule has 0 radical (unpaired) electrons. The second-order valence-electron chi connectivity index (χ2n) is 4.89. The first-order valence-corrected chi connectivity index (χ1v) is 6.54. The number of aromatic nitrogens is 1. The van der Waals surface area contributed by atoms with Gasteiger partial charge < -0.3 is 9.67 Å². The predicted molar refractivity (Wildman–Crippen MR) is 75.1 cm³/mol. The average Bonchev–Trinajstić information content (AvgIpc) is 3.22. The fraction of sp³-hybridized carbons (Fsp3) is 0.231. The molecule has 0 saturated heterocycles. The third kappa shape index (κ3) is 2.15. The number of nitro groups is 1. The van der Waals surface area contributed by atoms with Crippen LogP contribution in [0.2, 0.25) is 5.02 Å². The molecule has 0 spiro atoms. The van der Waals surface area contributed by atoms with Gasteiger partial charge in [0.15, 0.2) is 0 Å². The summed E-state index contributed by atoms with van der Waals surface area (Å²) in [4.78, 5) is 33.6. The molecule has 1 heterocycles. The van der Waals surface area contributed by atoms with Crippen LogP contribution in [-0.2, 0) is 0 Å². The second kappa shape index (κ2) is 4.56. The lowest BCUT2D eigenvalue weighted by molar-refractivity contribution is -0.384. The maximum Gasteiger partial charge on any atom is 0.341 e. The van der Waals surface area contributed by atoms with Crippen molar-refractivity contribution in [3.63, 3.8) is 0 Å². The molecular formula is C13H9ClN2O5. The van der Waals surface area contributed by atoms with E-state index in [0.29, 0.717) is 5.52 Å². The minimum Gasteiger partial charge on any atom is -0.477 e. The smallest absolute Gasteiger partial charge is 0.341 e. The summed E-state index contributed by atoms with van der Waals surface area (Å²) in [6.07, 6.45) is 3.02. The van der Waals surface area contributed by atoms with E-state index in [9.17, 15) is 19.7 Å². The lowest BCUT2D eigenvalue weighted by atomic mass is 10.1. The van der Waals surface area contributed by atoms with E-state index in [-0.39, 0.29) is 16.5 Å². The summed E-state index contributed by atoms with van der Waals surface area (Å²) in [7, 11) is 0. The summed E-state index contributed by atoms with van der Waals surface area (Å²) < 4.78 is 1.66. The Balaban J connectivity index is 2.44. The zero-order valence-electron chi connectivity index (χ0n) is 10.6. The summed E-state index contributed by atoms with van der Waals surface area (Å²) in [5.41, 5.74) is -1.13. The highest BCUT2D eigenvalue weighted by atomic mass is 35.5. The molecule has 0 atom stereocenters. The highest BCUT2D eigenvalue weighted by molar-refractivity contribution is 6.33. The van der Waals surface area contributed by atoms with Crippen molar-refractivity contribution in [3.8, 4) is 0 Å². The molecular weight excluding hydrogens is 300 g/mol. The first kappa shape index (κ1) is 13.6. The molecule has 1 aliphatic carbocycles. The maximum absolute atomic E-state index is 12.2. The molecule has 108 valence electrons. The standard InChI is InChI=1S/C13H9ClN2O5/c14-9-4-10-7(3-11(9)16(20)21)12(17)8(13(18)19)5-15(10)6-1-2-6/h3-6H,1-2H2,(H,18,19). The number of carbonyl (C=O) groups is 1. The third-order valence-electron chi connectivity index (χ3n) is 3.47. The van der Waals surface area contributed by atoms with Gasteiger partial charge in [0.2, 0.25) is 5.43 Å². The summed E-state index contributed by atoms with van der Waals surface area (Å²) in [5.74, 6) is -1.35. The molecule has 1 N–H and O–H groups in total. The van der Waals surface area contributed by atoms with Crippen molar-refractivity contribution < 1.29 is 14.8 Å². The molecule has 0 amide bonds. The van der Waals surface area contributed by atoms with Crippen molar-refractivity contribution >= 4 is 34.2 Å². The Bertz CT molecular complexity index is 854. The minimum absolute atomic E-state index is 0.00194. The number of halogens is 1. The van der Waals surface area contributed by atoms with Crippen molar-refractivity contribution in [2.75, 3.05) is 0 Å². The SMILES string of the molecule is O=C(O)c1cn(C2CC2)c2cc(Cl)c([N+](=O)[O-])cc2c1=O. The molecule has 1 fully saturated rings. The van der Waals surface area contributed by atoms with Gasteiger partial charge in [0.1, 0.15) is 10.6 Å². The van der Waals surface area contributed by atoms with Gasteiger partial charge >= 0.3 is 5.97 Å². The zero-order valence-corrected chi connectivity index (χ0v) is 11.3. The Hall–Kier alpha value is -2.41. The van der Waals surface area contributed by atoms with Gasteiger partial charge in [-0.3, -0.25) is 14.9 Å². The molecule has 1 saturated carbocycles. The van der Waals surface area contributed by atoms with Gasteiger partial charge in [-0.05, 0) is 18.9 Å². The number of pyridine rings is 1. The predicted octanol–water partition coefficient (Wildman–Crippen LogP) is 2.60. The Morgan fingerprint density at radius 2 is 2.10 bits per heavy atom. The monoisotopic (exact) mass is 308 g/mol. The average molecular weight is 309 g/mol. The van der Waals surface area contributed by atoms with Crippen LogP contribution in [0, 0.1) is 10.1 Å². The Morgan fingerprint density at radius 3 is 2.62 bits per heavy atom. The van der Waals surface area contributed by atoms with Gasteiger partial charge in [-0.15, -0.1) is 0 Å². The largest absolute Gasteiger partial charge is 0.477 e. The molecule has 2 aromatic rings. The first-order valence-electron chi connectivity index (χ1n) is 6.16. The van der Waals surface area contributed by atoms with Crippen LogP contribution in [0.1, 0.15) is 29.2 Å². The van der Waals surface area contributed by atoms with Crippen LogP contribution in [0.4, 0.5) is 5.69 Å². The van der Waals surface area contributed by atoms with E-state index in [4.69, 9.17) is 16.7 Å². The molecule has 0 unspecified atom stereocenters. The number of carboxylic acid groups (broad SMARTS) is 1. The van der Waals surface area contributed by atoms with Crippen LogP contribution >= 0.6 is 11.6 Å². The zero-order chi connectivity index (χ0) is 15.3. The third-order valence-corrected chi connectivity index (χ3v) is 3.77. The molecule has 1 aromatic heterocycles. The highest BCUT2D eigenvalue weighted by Gasteiger charge is 2.28. The van der Waals surface area contributed by atoms with E-state index in [0.717, 1.165) is 18.9 Å². The molecule has 7 nitrogen and oxygen atoms in total. The minimum atomic E-state index is -1.35. The van der Waals surface area contributed by atoms with Crippen LogP contribution in [0.5, 0.6) is 0 Å². The lowest BCUT2D eigenvalue weighted by Crippen LogP contribution is -2.18. The number of nitrogens with zero attached hydrogens (tertiary/aromatic N) is 2. The van der Waals surface area contributed by atoms with Crippen molar-refractivity contribution in [2.45, 2.75) is 18.9 Å². The Morgan fingerprint density at radius 1 is 1.43 bits per heavy atom. The fourth-order valence-corrected chi connectivity index (χ4v) is 2.53. The molecule has 1 aliphatic rings. The quantitative estimate of drug-likeness (QED) is 0.693. The summed E-state index contributed by atoms with van der Waals surface area (Å²) >= 11 is 5.88. The summed E-state index contributed by atoms with van der Waals surface area (Å²) in [5, 5.41) is 20.0. The van der Waals surface area contributed by atoms with Gasteiger partial charge in [0.25, 0.3) is 5.69 Å². The molecule has 3 rings (SSSR count). The highest BCUT2D eigenvalue weighted by Crippen LogP contribution is 2.38. The van der Waals surface area contributed by atoms with Crippen LogP contribution < -0.4 is 5.43 Å². The lowest BCUT2D eigenvalue weighted by Gasteiger charge is -2.11. The number of carboxylic acids is 1. The van der Waals surface area contributed by atoms with E-state index < -0.39 is 27.6 Å². The van der Waals surface area contributed by atoms with Gasteiger partial charge in [0.05, 0.1) is 15.8 Å². The molecule has 8 heteroatoms. The van der Waals surface area contributed by atoms with Crippen LogP contribution in [0.3, 0.4) is 0 Å². The number of hydrogen-bond donors (Lipinski definition) is 1. The van der Waals surface area contributed by atoms with Gasteiger partial charge in [-0.25, -0.2) is 4.79 Å². The van der Waals surface area contributed by atoms with Crippen molar-refractivity contribution in [1.82, 2.24) is 4.57 Å². The van der Waals surface area contributed by atoms with E-state index in [1.165, 1.54) is 12.3 Å².